The van der Waals surface area contributed by atoms with E-state index < -0.39 is 12.8 Å². The lowest BCUT2D eigenvalue weighted by Crippen LogP contribution is -2.17. The highest BCUT2D eigenvalue weighted by Crippen LogP contribution is 2.15. The Hall–Kier alpha value is -1.34. The van der Waals surface area contributed by atoms with Gasteiger partial charge >= 0.3 is 6.18 Å². The highest BCUT2D eigenvalue weighted by molar-refractivity contribution is 5.41. The number of ether oxygens (including phenoxy) is 1. The first-order chi connectivity index (χ1) is 7.01. The summed E-state index contributed by atoms with van der Waals surface area (Å²) in [6.07, 6.45) is -2.88. The number of alkyl halides is 3. The molecule has 0 unspecified atom stereocenters. The number of nitrogens with zero attached hydrogens (tertiary/aromatic N) is 1. The van der Waals surface area contributed by atoms with Crippen LogP contribution >= 0.6 is 0 Å². The van der Waals surface area contributed by atoms with Crippen LogP contribution in [0.2, 0.25) is 0 Å². The van der Waals surface area contributed by atoms with Crippen LogP contribution in [0.5, 0.6) is 0 Å². The van der Waals surface area contributed by atoms with E-state index >= 15 is 0 Å². The molecule has 0 fully saturated rings. The first-order valence-corrected chi connectivity index (χ1v) is 4.07. The van der Waals surface area contributed by atoms with Crippen LogP contribution in [-0.4, -0.2) is 17.8 Å². The fourth-order valence-electron chi connectivity index (χ4n) is 0.918. The molecule has 0 aliphatic heterocycles. The van der Waals surface area contributed by atoms with Crippen LogP contribution in [0.3, 0.4) is 0 Å². The lowest BCUT2D eigenvalue weighted by atomic mass is 10.3. The Morgan fingerprint density at radius 2 is 2.20 bits per heavy atom. The second-order valence-corrected chi connectivity index (χ2v) is 2.79. The van der Waals surface area contributed by atoms with Gasteiger partial charge < -0.3 is 10.2 Å². The van der Waals surface area contributed by atoms with Crippen molar-refractivity contribution in [3.63, 3.8) is 0 Å². The van der Waals surface area contributed by atoms with Crippen LogP contribution < -0.4 is 11.3 Å². The third kappa shape index (κ3) is 4.61. The van der Waals surface area contributed by atoms with E-state index in [2.05, 4.69) is 15.1 Å². The zero-order valence-electron chi connectivity index (χ0n) is 7.71. The van der Waals surface area contributed by atoms with E-state index in [4.69, 9.17) is 5.84 Å². The molecule has 0 aliphatic carbocycles. The number of pyridine rings is 1. The fourth-order valence-corrected chi connectivity index (χ4v) is 0.918. The predicted octanol–water partition coefficient (Wildman–Crippen LogP) is 1.45. The number of hydrazine groups is 1. The monoisotopic (exact) mass is 221 g/mol. The number of hydrogen-bond donors (Lipinski definition) is 2. The van der Waals surface area contributed by atoms with Gasteiger partial charge in [-0.2, -0.15) is 13.2 Å². The fraction of sp³-hybridized carbons (Fsp3) is 0.375. The van der Waals surface area contributed by atoms with Crippen LogP contribution in [0.25, 0.3) is 0 Å². The van der Waals surface area contributed by atoms with Gasteiger partial charge in [-0.1, -0.05) is 0 Å². The summed E-state index contributed by atoms with van der Waals surface area (Å²) in [5, 5.41) is 0. The normalized spacial score (nSPS) is 11.5. The third-order valence-corrected chi connectivity index (χ3v) is 1.50. The molecule has 4 nitrogen and oxygen atoms in total. The van der Waals surface area contributed by atoms with E-state index in [1.807, 2.05) is 0 Å². The van der Waals surface area contributed by atoms with E-state index in [1.165, 1.54) is 12.3 Å². The van der Waals surface area contributed by atoms with Crippen molar-refractivity contribution in [2.45, 2.75) is 12.8 Å². The van der Waals surface area contributed by atoms with Crippen LogP contribution in [0.1, 0.15) is 5.69 Å². The summed E-state index contributed by atoms with van der Waals surface area (Å²) in [7, 11) is 0. The van der Waals surface area contributed by atoms with Crippen molar-refractivity contribution in [3.8, 4) is 0 Å². The van der Waals surface area contributed by atoms with Gasteiger partial charge in [0.05, 0.1) is 18.0 Å². The Labute approximate surface area is 84.2 Å². The van der Waals surface area contributed by atoms with Crippen LogP contribution in [0, 0.1) is 0 Å². The molecule has 0 spiro atoms. The standard InChI is InChI=1S/C8H10F3N3O/c9-8(10,11)5-15-4-7-3-6(14-12)1-2-13-7/h1-3H,4-5,12H2,(H,13,14). The van der Waals surface area contributed by atoms with Gasteiger partial charge in [0, 0.05) is 6.20 Å². The molecule has 1 aromatic heterocycles. The minimum atomic E-state index is -4.32. The molecule has 0 amide bonds. The molecule has 0 bridgehead atoms. The number of anilines is 1. The maximum absolute atomic E-state index is 11.7. The van der Waals surface area contributed by atoms with Crippen molar-refractivity contribution in [1.82, 2.24) is 4.98 Å². The summed E-state index contributed by atoms with van der Waals surface area (Å²) >= 11 is 0. The van der Waals surface area contributed by atoms with Crippen molar-refractivity contribution in [3.05, 3.63) is 24.0 Å². The zero-order valence-corrected chi connectivity index (χ0v) is 7.71. The van der Waals surface area contributed by atoms with Gasteiger partial charge in [-0.05, 0) is 12.1 Å². The van der Waals surface area contributed by atoms with Gasteiger partial charge in [0.25, 0.3) is 0 Å². The van der Waals surface area contributed by atoms with Gasteiger partial charge in [-0.15, -0.1) is 0 Å². The number of aromatic nitrogens is 1. The Balaban J connectivity index is 2.44. The molecule has 0 atom stereocenters. The van der Waals surface area contributed by atoms with E-state index in [0.717, 1.165) is 0 Å². The summed E-state index contributed by atoms with van der Waals surface area (Å²) in [4.78, 5) is 3.82. The number of nitrogen functional groups attached to an aromatic ring is 1. The Morgan fingerprint density at radius 1 is 1.47 bits per heavy atom. The molecule has 0 aromatic carbocycles. The smallest absolute Gasteiger partial charge is 0.366 e. The summed E-state index contributed by atoms with van der Waals surface area (Å²) in [5.41, 5.74) is 3.31. The number of nitrogens with one attached hydrogen (secondary N) is 1. The molecule has 1 rings (SSSR count). The highest BCUT2D eigenvalue weighted by Gasteiger charge is 2.27. The molecule has 1 aromatic rings. The average Bonchev–Trinajstić information content (AvgIpc) is 2.16. The quantitative estimate of drug-likeness (QED) is 0.596. The molecule has 84 valence electrons. The molecular weight excluding hydrogens is 211 g/mol. The summed E-state index contributed by atoms with van der Waals surface area (Å²) in [5.74, 6) is 5.12. The van der Waals surface area contributed by atoms with Crippen LogP contribution in [-0.2, 0) is 11.3 Å². The lowest BCUT2D eigenvalue weighted by Gasteiger charge is -2.07. The average molecular weight is 221 g/mol. The molecule has 7 heteroatoms. The largest absolute Gasteiger partial charge is 0.411 e. The minimum absolute atomic E-state index is 0.199. The summed E-state index contributed by atoms with van der Waals surface area (Å²) in [6, 6.07) is 3.10. The van der Waals surface area contributed by atoms with Crippen LogP contribution in [0.15, 0.2) is 18.3 Å². The van der Waals surface area contributed by atoms with Gasteiger partial charge in [0.2, 0.25) is 0 Å². The minimum Gasteiger partial charge on any atom is -0.366 e. The van der Waals surface area contributed by atoms with Crippen molar-refractivity contribution >= 4 is 5.69 Å². The molecule has 15 heavy (non-hydrogen) atoms. The van der Waals surface area contributed by atoms with Gasteiger partial charge in [-0.25, -0.2) is 0 Å². The predicted molar refractivity (Wildman–Crippen MR) is 47.8 cm³/mol. The summed E-state index contributed by atoms with van der Waals surface area (Å²) in [6.45, 7) is -1.48. The number of nitrogens with two attached hydrogens (primary N) is 1. The van der Waals surface area contributed by atoms with Gasteiger partial charge in [0.15, 0.2) is 0 Å². The van der Waals surface area contributed by atoms with Crippen molar-refractivity contribution in [2.75, 3.05) is 12.0 Å². The van der Waals surface area contributed by atoms with E-state index in [9.17, 15) is 13.2 Å². The Kier molecular flexibility index (Phi) is 3.87. The third-order valence-electron chi connectivity index (χ3n) is 1.50. The lowest BCUT2D eigenvalue weighted by molar-refractivity contribution is -0.176. The number of halogens is 3. The molecule has 3 N–H and O–H groups in total. The second-order valence-electron chi connectivity index (χ2n) is 2.79. The van der Waals surface area contributed by atoms with Crippen molar-refractivity contribution in [2.24, 2.45) is 5.84 Å². The highest BCUT2D eigenvalue weighted by atomic mass is 19.4. The topological polar surface area (TPSA) is 60.2 Å². The van der Waals surface area contributed by atoms with Gasteiger partial charge in [0.1, 0.15) is 6.61 Å². The maximum atomic E-state index is 11.7. The van der Waals surface area contributed by atoms with E-state index in [1.54, 1.807) is 6.07 Å². The summed E-state index contributed by atoms with van der Waals surface area (Å²) < 4.78 is 39.6. The molecule has 0 aliphatic rings. The Bertz CT molecular complexity index is 316. The molecule has 0 saturated carbocycles. The first-order valence-electron chi connectivity index (χ1n) is 4.07. The van der Waals surface area contributed by atoms with Crippen LogP contribution in [0.4, 0.5) is 18.9 Å². The van der Waals surface area contributed by atoms with Crippen molar-refractivity contribution < 1.29 is 17.9 Å². The molecule has 0 radical (unpaired) electrons. The molecule has 1 heterocycles. The molecular formula is C8H10F3N3O. The molecule has 0 saturated heterocycles. The number of hydrogen-bond acceptors (Lipinski definition) is 4. The van der Waals surface area contributed by atoms with E-state index in [-0.39, 0.29) is 6.61 Å². The Morgan fingerprint density at radius 3 is 2.80 bits per heavy atom. The van der Waals surface area contributed by atoms with E-state index in [0.29, 0.717) is 11.4 Å². The zero-order chi connectivity index (χ0) is 11.3. The maximum Gasteiger partial charge on any atom is 0.411 e. The first kappa shape index (κ1) is 11.7. The second kappa shape index (κ2) is 4.94. The van der Waals surface area contributed by atoms with Gasteiger partial charge in [-0.3, -0.25) is 10.8 Å². The van der Waals surface area contributed by atoms with Crippen molar-refractivity contribution in [1.29, 1.82) is 0 Å². The SMILES string of the molecule is NNc1ccnc(COCC(F)(F)F)c1. The number of rotatable bonds is 4.